The van der Waals surface area contributed by atoms with Gasteiger partial charge in [-0.3, -0.25) is 0 Å². The fraction of sp³-hybridized carbons (Fsp3) is 0.174. The predicted molar refractivity (Wildman–Crippen MR) is 110 cm³/mol. The second kappa shape index (κ2) is 6.88. The molecule has 2 heterocycles. The van der Waals surface area contributed by atoms with Crippen molar-refractivity contribution in [2.24, 2.45) is 5.10 Å². The Hall–Kier alpha value is -2.98. The molecule has 0 aromatic heterocycles. The highest BCUT2D eigenvalue weighted by Gasteiger charge is 2.41. The third kappa shape index (κ3) is 2.81. The van der Waals surface area contributed by atoms with Crippen LogP contribution < -0.4 is 9.47 Å². The molecule has 3 aromatic rings. The van der Waals surface area contributed by atoms with E-state index < -0.39 is 0 Å². The smallest absolute Gasteiger partial charge is 0.213 e. The number of ether oxygens (including phenoxy) is 2. The van der Waals surface area contributed by atoms with Gasteiger partial charge in [0.15, 0.2) is 0 Å². The van der Waals surface area contributed by atoms with Crippen molar-refractivity contribution in [1.82, 2.24) is 5.01 Å². The van der Waals surface area contributed by atoms with Crippen molar-refractivity contribution in [3.63, 3.8) is 0 Å². The van der Waals surface area contributed by atoms with Gasteiger partial charge in [-0.25, -0.2) is 5.01 Å². The summed E-state index contributed by atoms with van der Waals surface area (Å²) in [5.74, 6) is 1.72. The number of hydrazone groups is 1. The van der Waals surface area contributed by atoms with E-state index in [-0.39, 0.29) is 12.3 Å². The third-order valence-electron chi connectivity index (χ3n) is 5.28. The number of methoxy groups -OCH3 is 1. The van der Waals surface area contributed by atoms with Crippen molar-refractivity contribution in [2.75, 3.05) is 7.11 Å². The molecular formula is C23H19ClN2O2. The summed E-state index contributed by atoms with van der Waals surface area (Å²) in [6.45, 7) is 0. The minimum atomic E-state index is -0.300. The first kappa shape index (κ1) is 17.1. The van der Waals surface area contributed by atoms with Crippen LogP contribution in [0.2, 0.25) is 5.02 Å². The molecule has 0 amide bonds. The fourth-order valence-corrected chi connectivity index (χ4v) is 4.13. The highest BCUT2D eigenvalue weighted by molar-refractivity contribution is 6.34. The van der Waals surface area contributed by atoms with Crippen LogP contribution in [-0.2, 0) is 0 Å². The molecule has 140 valence electrons. The molecule has 0 saturated heterocycles. The van der Waals surface area contributed by atoms with Gasteiger partial charge in [-0.1, -0.05) is 48.0 Å². The maximum absolute atomic E-state index is 6.44. The number of hydrogen-bond donors (Lipinski definition) is 0. The molecule has 0 bridgehead atoms. The second-order valence-electron chi connectivity index (χ2n) is 6.91. The molecular weight excluding hydrogens is 372 g/mol. The summed E-state index contributed by atoms with van der Waals surface area (Å²) in [7, 11) is 1.67. The number of rotatable bonds is 3. The van der Waals surface area contributed by atoms with Crippen LogP contribution in [0.5, 0.6) is 11.5 Å². The molecule has 0 spiro atoms. The summed E-state index contributed by atoms with van der Waals surface area (Å²) in [5.41, 5.74) is 4.14. The highest BCUT2D eigenvalue weighted by Crippen LogP contribution is 2.47. The normalized spacial score (nSPS) is 20.1. The number of nitrogens with zero attached hydrogens (tertiary/aromatic N) is 2. The van der Waals surface area contributed by atoms with Gasteiger partial charge in [0, 0.05) is 28.1 Å². The zero-order valence-electron chi connectivity index (χ0n) is 15.4. The third-order valence-corrected chi connectivity index (χ3v) is 5.61. The molecule has 0 aliphatic carbocycles. The van der Waals surface area contributed by atoms with Gasteiger partial charge in [0.05, 0.1) is 18.9 Å². The molecule has 2 atom stereocenters. The molecule has 28 heavy (non-hydrogen) atoms. The predicted octanol–water partition coefficient (Wildman–Crippen LogP) is 5.59. The summed E-state index contributed by atoms with van der Waals surface area (Å²) < 4.78 is 11.7. The molecule has 0 saturated carbocycles. The van der Waals surface area contributed by atoms with Crippen molar-refractivity contribution >= 4 is 17.3 Å². The first-order valence-corrected chi connectivity index (χ1v) is 9.62. The molecule has 5 rings (SSSR count). The first-order chi connectivity index (χ1) is 13.7. The number of para-hydroxylation sites is 1. The Kier molecular flexibility index (Phi) is 4.21. The molecule has 3 aromatic carbocycles. The number of halogens is 1. The maximum atomic E-state index is 6.44. The van der Waals surface area contributed by atoms with Crippen molar-refractivity contribution in [3.8, 4) is 11.5 Å². The zero-order valence-corrected chi connectivity index (χ0v) is 16.1. The van der Waals surface area contributed by atoms with E-state index in [1.54, 1.807) is 7.11 Å². The lowest BCUT2D eigenvalue weighted by Crippen LogP contribution is -2.33. The van der Waals surface area contributed by atoms with Gasteiger partial charge in [-0.05, 0) is 36.4 Å². The van der Waals surface area contributed by atoms with Crippen molar-refractivity contribution in [3.05, 3.63) is 94.5 Å². The van der Waals surface area contributed by atoms with E-state index in [0.29, 0.717) is 0 Å². The minimum absolute atomic E-state index is 0.114. The Morgan fingerprint density at radius 1 is 1.00 bits per heavy atom. The van der Waals surface area contributed by atoms with Crippen LogP contribution in [0.1, 0.15) is 35.4 Å². The lowest BCUT2D eigenvalue weighted by molar-refractivity contribution is -0.0190. The van der Waals surface area contributed by atoms with Crippen molar-refractivity contribution in [2.45, 2.75) is 18.7 Å². The lowest BCUT2D eigenvalue weighted by atomic mass is 9.96. The van der Waals surface area contributed by atoms with Gasteiger partial charge >= 0.3 is 0 Å². The van der Waals surface area contributed by atoms with E-state index in [9.17, 15) is 0 Å². The van der Waals surface area contributed by atoms with Gasteiger partial charge in [0.2, 0.25) is 6.23 Å². The topological polar surface area (TPSA) is 34.1 Å². The van der Waals surface area contributed by atoms with Gasteiger partial charge in [-0.2, -0.15) is 5.10 Å². The Morgan fingerprint density at radius 2 is 1.75 bits per heavy atom. The van der Waals surface area contributed by atoms with Crippen molar-refractivity contribution < 1.29 is 9.47 Å². The molecule has 0 unspecified atom stereocenters. The summed E-state index contributed by atoms with van der Waals surface area (Å²) >= 11 is 6.44. The van der Waals surface area contributed by atoms with Gasteiger partial charge in [0.1, 0.15) is 11.5 Å². The van der Waals surface area contributed by atoms with E-state index in [0.717, 1.165) is 45.3 Å². The van der Waals surface area contributed by atoms with Gasteiger partial charge < -0.3 is 9.47 Å². The number of fused-ring (bicyclic) bond motifs is 3. The van der Waals surface area contributed by atoms with Gasteiger partial charge in [-0.15, -0.1) is 0 Å². The second-order valence-corrected chi connectivity index (χ2v) is 7.31. The molecule has 4 nitrogen and oxygen atoms in total. The quantitative estimate of drug-likeness (QED) is 0.584. The molecule has 0 fully saturated rings. The fourth-order valence-electron chi connectivity index (χ4n) is 3.88. The Morgan fingerprint density at radius 3 is 2.54 bits per heavy atom. The SMILES string of the molecule is COc1ccc([C@H]2Oc3ccccc3[C@@H]3CC(c4ccccc4Cl)=NN23)cc1. The molecule has 5 heteroatoms. The molecule has 0 N–H and O–H groups in total. The zero-order chi connectivity index (χ0) is 19.1. The monoisotopic (exact) mass is 390 g/mol. The van der Waals surface area contributed by atoms with E-state index in [2.05, 4.69) is 11.1 Å². The highest BCUT2D eigenvalue weighted by atomic mass is 35.5. The van der Waals surface area contributed by atoms with Crippen LogP contribution in [-0.4, -0.2) is 17.8 Å². The van der Waals surface area contributed by atoms with Crippen LogP contribution in [0.4, 0.5) is 0 Å². The Bertz CT molecular complexity index is 1050. The number of benzene rings is 3. The summed E-state index contributed by atoms with van der Waals surface area (Å²) in [4.78, 5) is 0. The Labute approximate surface area is 169 Å². The van der Waals surface area contributed by atoms with Crippen LogP contribution in [0.25, 0.3) is 0 Å². The van der Waals surface area contributed by atoms with Crippen LogP contribution >= 0.6 is 11.6 Å². The van der Waals surface area contributed by atoms with E-state index in [1.165, 1.54) is 0 Å². The van der Waals surface area contributed by atoms with Crippen molar-refractivity contribution in [1.29, 1.82) is 0 Å². The van der Waals surface area contributed by atoms with E-state index >= 15 is 0 Å². The lowest BCUT2D eigenvalue weighted by Gasteiger charge is -2.38. The van der Waals surface area contributed by atoms with E-state index in [4.69, 9.17) is 26.2 Å². The summed E-state index contributed by atoms with van der Waals surface area (Å²) in [6.07, 6.45) is 0.488. The standard InChI is InChI=1S/C23H19ClN2O2/c1-27-16-12-10-15(11-13-16)23-26-21(18-7-3-5-9-22(18)28-23)14-20(25-26)17-6-2-4-8-19(17)24/h2-13,21,23H,14H2,1H3/t21-,23+/m0/s1. The first-order valence-electron chi connectivity index (χ1n) is 9.25. The van der Waals surface area contributed by atoms with Crippen LogP contribution in [0.3, 0.4) is 0 Å². The summed E-state index contributed by atoms with van der Waals surface area (Å²) in [5, 5.41) is 7.73. The molecule has 2 aliphatic heterocycles. The summed E-state index contributed by atoms with van der Waals surface area (Å²) in [6, 6.07) is 24.1. The van der Waals surface area contributed by atoms with Crippen LogP contribution in [0, 0.1) is 0 Å². The Balaban J connectivity index is 1.59. The molecule has 0 radical (unpaired) electrons. The van der Waals surface area contributed by atoms with Gasteiger partial charge in [0.25, 0.3) is 0 Å². The average molecular weight is 391 g/mol. The minimum Gasteiger partial charge on any atom is -0.497 e. The largest absolute Gasteiger partial charge is 0.497 e. The average Bonchev–Trinajstić information content (AvgIpc) is 3.19. The van der Waals surface area contributed by atoms with Crippen LogP contribution in [0.15, 0.2) is 77.9 Å². The van der Waals surface area contributed by atoms with E-state index in [1.807, 2.05) is 66.7 Å². The maximum Gasteiger partial charge on any atom is 0.213 e. The number of hydrogen-bond acceptors (Lipinski definition) is 4. The molecule has 2 aliphatic rings.